The standard InChI is InChI=1S/C21H33N5O/c1-2-22-21(24-18-8-6-7-9-18)23-13-12-20(27)26-16-14-25(15-17-26)19-10-4-3-5-11-19/h3-5,10-11,18H,2,6-9,12-17H2,1H3,(H2,22,23,24). The molecule has 2 fully saturated rings. The first-order valence-corrected chi connectivity index (χ1v) is 10.4. The van der Waals surface area contributed by atoms with Gasteiger partial charge in [0.15, 0.2) is 5.96 Å². The van der Waals surface area contributed by atoms with Crippen LogP contribution in [0.4, 0.5) is 5.69 Å². The molecule has 1 aliphatic heterocycles. The van der Waals surface area contributed by atoms with Gasteiger partial charge in [0.2, 0.25) is 5.91 Å². The molecule has 3 rings (SSSR count). The molecule has 0 spiro atoms. The van der Waals surface area contributed by atoms with Crippen molar-refractivity contribution in [2.75, 3.05) is 44.2 Å². The van der Waals surface area contributed by atoms with Gasteiger partial charge in [0.1, 0.15) is 0 Å². The van der Waals surface area contributed by atoms with Crippen molar-refractivity contribution in [3.8, 4) is 0 Å². The number of nitrogens with one attached hydrogen (secondary N) is 2. The first-order chi connectivity index (χ1) is 13.3. The first-order valence-electron chi connectivity index (χ1n) is 10.4. The van der Waals surface area contributed by atoms with Gasteiger partial charge in [0, 0.05) is 50.9 Å². The number of rotatable bonds is 6. The third kappa shape index (κ3) is 5.88. The zero-order valence-electron chi connectivity index (χ0n) is 16.5. The Morgan fingerprint density at radius 1 is 1.11 bits per heavy atom. The minimum atomic E-state index is 0.211. The minimum absolute atomic E-state index is 0.211. The lowest BCUT2D eigenvalue weighted by Gasteiger charge is -2.36. The van der Waals surface area contributed by atoms with E-state index in [1.165, 1.54) is 31.4 Å². The number of guanidine groups is 1. The zero-order valence-corrected chi connectivity index (χ0v) is 16.5. The number of hydrogen-bond donors (Lipinski definition) is 2. The summed E-state index contributed by atoms with van der Waals surface area (Å²) in [5, 5.41) is 6.80. The summed E-state index contributed by atoms with van der Waals surface area (Å²) in [6, 6.07) is 11.0. The second-order valence-corrected chi connectivity index (χ2v) is 7.34. The molecule has 0 radical (unpaired) electrons. The molecule has 0 aromatic heterocycles. The smallest absolute Gasteiger partial charge is 0.224 e. The normalized spacial score (nSPS) is 18.6. The lowest BCUT2D eigenvalue weighted by Crippen LogP contribution is -2.49. The molecule has 1 aromatic carbocycles. The molecule has 6 heteroatoms. The summed E-state index contributed by atoms with van der Waals surface area (Å²) in [5.74, 6) is 1.06. The second kappa shape index (κ2) is 10.2. The van der Waals surface area contributed by atoms with E-state index in [1.807, 2.05) is 11.0 Å². The van der Waals surface area contributed by atoms with Crippen LogP contribution < -0.4 is 15.5 Å². The van der Waals surface area contributed by atoms with Crippen LogP contribution in [0.25, 0.3) is 0 Å². The van der Waals surface area contributed by atoms with E-state index in [4.69, 9.17) is 0 Å². The van der Waals surface area contributed by atoms with Gasteiger partial charge in [-0.2, -0.15) is 0 Å². The van der Waals surface area contributed by atoms with Crippen LogP contribution >= 0.6 is 0 Å². The Labute approximate surface area is 163 Å². The van der Waals surface area contributed by atoms with Crippen LogP contribution in [0.1, 0.15) is 39.0 Å². The molecule has 27 heavy (non-hydrogen) atoms. The maximum absolute atomic E-state index is 12.5. The third-order valence-electron chi connectivity index (χ3n) is 5.39. The number of anilines is 1. The topological polar surface area (TPSA) is 60.0 Å². The van der Waals surface area contributed by atoms with Crippen LogP contribution in [0.2, 0.25) is 0 Å². The van der Waals surface area contributed by atoms with E-state index < -0.39 is 0 Å². The Hall–Kier alpha value is -2.24. The van der Waals surface area contributed by atoms with Crippen LogP contribution in [-0.2, 0) is 4.79 Å². The molecule has 1 saturated carbocycles. The van der Waals surface area contributed by atoms with Crippen molar-refractivity contribution in [1.82, 2.24) is 15.5 Å². The predicted molar refractivity (Wildman–Crippen MR) is 111 cm³/mol. The number of carbonyl (C=O) groups is 1. The average Bonchev–Trinajstić information content (AvgIpc) is 3.22. The molecule has 1 heterocycles. The highest BCUT2D eigenvalue weighted by Crippen LogP contribution is 2.17. The molecule has 148 valence electrons. The van der Waals surface area contributed by atoms with Gasteiger partial charge in [-0.3, -0.25) is 9.79 Å². The summed E-state index contributed by atoms with van der Waals surface area (Å²) in [6.07, 6.45) is 5.51. The number of benzene rings is 1. The van der Waals surface area contributed by atoms with Gasteiger partial charge >= 0.3 is 0 Å². The molecular weight excluding hydrogens is 338 g/mol. The fourth-order valence-electron chi connectivity index (χ4n) is 3.86. The quantitative estimate of drug-likeness (QED) is 0.595. The van der Waals surface area contributed by atoms with Gasteiger partial charge < -0.3 is 20.4 Å². The van der Waals surface area contributed by atoms with E-state index in [0.717, 1.165) is 38.7 Å². The molecular formula is C21H33N5O. The van der Waals surface area contributed by atoms with Crippen molar-refractivity contribution in [2.45, 2.75) is 45.1 Å². The number of amides is 1. The molecule has 0 unspecified atom stereocenters. The maximum atomic E-state index is 12.5. The van der Waals surface area contributed by atoms with E-state index in [-0.39, 0.29) is 5.91 Å². The van der Waals surface area contributed by atoms with Crippen molar-refractivity contribution in [3.05, 3.63) is 30.3 Å². The lowest BCUT2D eigenvalue weighted by atomic mass is 10.2. The maximum Gasteiger partial charge on any atom is 0.224 e. The van der Waals surface area contributed by atoms with E-state index in [2.05, 4.69) is 51.7 Å². The number of hydrogen-bond acceptors (Lipinski definition) is 3. The van der Waals surface area contributed by atoms with Crippen LogP contribution in [0, 0.1) is 0 Å². The Morgan fingerprint density at radius 3 is 2.48 bits per heavy atom. The highest BCUT2D eigenvalue weighted by molar-refractivity contribution is 5.81. The van der Waals surface area contributed by atoms with Crippen LogP contribution in [-0.4, -0.2) is 62.1 Å². The van der Waals surface area contributed by atoms with E-state index in [0.29, 0.717) is 19.0 Å². The van der Waals surface area contributed by atoms with Crippen molar-refractivity contribution in [1.29, 1.82) is 0 Å². The molecule has 6 nitrogen and oxygen atoms in total. The average molecular weight is 372 g/mol. The Bertz CT molecular complexity index is 604. The predicted octanol–water partition coefficient (Wildman–Crippen LogP) is 2.22. The third-order valence-corrected chi connectivity index (χ3v) is 5.39. The monoisotopic (exact) mass is 371 g/mol. The summed E-state index contributed by atoms with van der Waals surface area (Å²) in [4.78, 5) is 21.5. The number of para-hydroxylation sites is 1. The Kier molecular flexibility index (Phi) is 7.36. The zero-order chi connectivity index (χ0) is 18.9. The molecule has 0 atom stereocenters. The molecule has 2 aliphatic rings. The van der Waals surface area contributed by atoms with Gasteiger partial charge in [-0.25, -0.2) is 0 Å². The summed E-state index contributed by atoms with van der Waals surface area (Å²) >= 11 is 0. The van der Waals surface area contributed by atoms with Crippen molar-refractivity contribution < 1.29 is 4.79 Å². The van der Waals surface area contributed by atoms with Crippen LogP contribution in [0.15, 0.2) is 35.3 Å². The number of piperazine rings is 1. The number of carbonyl (C=O) groups excluding carboxylic acids is 1. The van der Waals surface area contributed by atoms with Crippen molar-refractivity contribution in [2.24, 2.45) is 4.99 Å². The summed E-state index contributed by atoms with van der Waals surface area (Å²) in [7, 11) is 0. The van der Waals surface area contributed by atoms with Gasteiger partial charge in [-0.05, 0) is 31.9 Å². The first kappa shape index (κ1) is 19.5. The SMILES string of the molecule is CCNC(=NCCC(=O)N1CCN(c2ccccc2)CC1)NC1CCCC1. The van der Waals surface area contributed by atoms with E-state index in [1.54, 1.807) is 0 Å². The van der Waals surface area contributed by atoms with Gasteiger partial charge in [-0.15, -0.1) is 0 Å². The second-order valence-electron chi connectivity index (χ2n) is 7.34. The highest BCUT2D eigenvalue weighted by atomic mass is 16.2. The van der Waals surface area contributed by atoms with Gasteiger partial charge in [0.05, 0.1) is 6.54 Å². The molecule has 1 saturated heterocycles. The minimum Gasteiger partial charge on any atom is -0.368 e. The van der Waals surface area contributed by atoms with Gasteiger partial charge in [-0.1, -0.05) is 31.0 Å². The molecule has 0 bridgehead atoms. The summed E-state index contributed by atoms with van der Waals surface area (Å²) < 4.78 is 0. The highest BCUT2D eigenvalue weighted by Gasteiger charge is 2.21. The number of aliphatic imine (C=N–C) groups is 1. The number of nitrogens with zero attached hydrogens (tertiary/aromatic N) is 3. The summed E-state index contributed by atoms with van der Waals surface area (Å²) in [6.45, 7) is 6.82. The van der Waals surface area contributed by atoms with Crippen LogP contribution in [0.3, 0.4) is 0 Å². The lowest BCUT2D eigenvalue weighted by molar-refractivity contribution is -0.131. The fraction of sp³-hybridized carbons (Fsp3) is 0.619. The Morgan fingerprint density at radius 2 is 1.81 bits per heavy atom. The van der Waals surface area contributed by atoms with E-state index >= 15 is 0 Å². The molecule has 1 aromatic rings. The Balaban J connectivity index is 1.42. The van der Waals surface area contributed by atoms with Gasteiger partial charge in [0.25, 0.3) is 0 Å². The fourth-order valence-corrected chi connectivity index (χ4v) is 3.86. The largest absolute Gasteiger partial charge is 0.368 e. The summed E-state index contributed by atoms with van der Waals surface area (Å²) in [5.41, 5.74) is 1.24. The molecule has 2 N–H and O–H groups in total. The van der Waals surface area contributed by atoms with Crippen molar-refractivity contribution in [3.63, 3.8) is 0 Å². The molecule has 1 amide bonds. The molecule has 1 aliphatic carbocycles. The van der Waals surface area contributed by atoms with Crippen LogP contribution in [0.5, 0.6) is 0 Å². The van der Waals surface area contributed by atoms with E-state index in [9.17, 15) is 4.79 Å². The van der Waals surface area contributed by atoms with Crippen molar-refractivity contribution >= 4 is 17.6 Å².